The molecule has 19 heavy (non-hydrogen) atoms. The minimum Gasteiger partial charge on any atom is -0.491 e. The van der Waals surface area contributed by atoms with Crippen LogP contribution in [0.1, 0.15) is 45.1 Å². The summed E-state index contributed by atoms with van der Waals surface area (Å²) in [6.07, 6.45) is 4.97. The van der Waals surface area contributed by atoms with E-state index in [2.05, 4.69) is 73.8 Å². The Kier molecular flexibility index (Phi) is 8.67. The molecule has 0 amide bonds. The number of ether oxygens (including phenoxy) is 1. The minimum atomic E-state index is 0.648. The van der Waals surface area contributed by atoms with Gasteiger partial charge in [-0.2, -0.15) is 0 Å². The fourth-order valence-corrected chi connectivity index (χ4v) is 3.76. The molecule has 0 saturated heterocycles. The average Bonchev–Trinajstić information content (AvgIpc) is 2.40. The maximum absolute atomic E-state index is 6.01. The lowest BCUT2D eigenvalue weighted by atomic mass is 10.0. The zero-order chi connectivity index (χ0) is 14.3. The molecule has 1 aromatic rings. The molecule has 0 heterocycles. The van der Waals surface area contributed by atoms with Gasteiger partial charge in [0.25, 0.3) is 0 Å². The third-order valence-corrected chi connectivity index (χ3v) is 5.04. The van der Waals surface area contributed by atoms with Crippen molar-refractivity contribution >= 4 is 47.8 Å². The Morgan fingerprint density at radius 1 is 1.16 bits per heavy atom. The molecule has 0 N–H and O–H groups in total. The number of unbranched alkanes of at least 4 members (excludes halogenated alkanes) is 1. The zero-order valence-corrected chi connectivity index (χ0v) is 16.3. The summed E-state index contributed by atoms with van der Waals surface area (Å²) in [5.41, 5.74) is 1.23. The van der Waals surface area contributed by atoms with Crippen molar-refractivity contribution in [3.63, 3.8) is 0 Å². The number of hydrogen-bond donors (Lipinski definition) is 0. The van der Waals surface area contributed by atoms with Gasteiger partial charge in [0, 0.05) is 5.33 Å². The van der Waals surface area contributed by atoms with Crippen molar-refractivity contribution in [3.8, 4) is 5.75 Å². The summed E-state index contributed by atoms with van der Waals surface area (Å²) in [6.45, 7) is 5.27. The molecule has 0 spiro atoms. The third kappa shape index (κ3) is 5.76. The molecule has 4 heteroatoms. The Morgan fingerprint density at radius 2 is 1.79 bits per heavy atom. The summed E-state index contributed by atoms with van der Waals surface area (Å²) >= 11 is 10.6. The fraction of sp³-hybridized carbons (Fsp3) is 0.600. The summed E-state index contributed by atoms with van der Waals surface area (Å²) in [4.78, 5) is 0. The van der Waals surface area contributed by atoms with Crippen LogP contribution in [-0.4, -0.2) is 6.61 Å². The molecule has 1 nitrogen and oxygen atoms in total. The van der Waals surface area contributed by atoms with Gasteiger partial charge in [-0.25, -0.2) is 0 Å². The second kappa shape index (κ2) is 9.41. The first-order chi connectivity index (χ1) is 9.12. The summed E-state index contributed by atoms with van der Waals surface area (Å²) < 4.78 is 8.04. The Bertz CT molecular complexity index is 370. The van der Waals surface area contributed by atoms with Gasteiger partial charge in [0.05, 0.1) is 15.6 Å². The highest BCUT2D eigenvalue weighted by atomic mass is 79.9. The molecule has 0 aliphatic carbocycles. The highest BCUT2D eigenvalue weighted by molar-refractivity contribution is 9.11. The van der Waals surface area contributed by atoms with E-state index in [1.165, 1.54) is 31.2 Å². The molecule has 1 aromatic carbocycles. The number of halogens is 3. The molecule has 0 saturated carbocycles. The van der Waals surface area contributed by atoms with E-state index >= 15 is 0 Å². The first-order valence-corrected chi connectivity index (χ1v) is 9.49. The topological polar surface area (TPSA) is 9.23 Å². The van der Waals surface area contributed by atoms with E-state index < -0.39 is 0 Å². The summed E-state index contributed by atoms with van der Waals surface area (Å²) in [7, 11) is 0. The van der Waals surface area contributed by atoms with E-state index in [4.69, 9.17) is 4.74 Å². The Hall–Kier alpha value is 0.460. The van der Waals surface area contributed by atoms with Crippen molar-refractivity contribution < 1.29 is 4.74 Å². The molecule has 1 rings (SSSR count). The predicted molar refractivity (Wildman–Crippen MR) is 93.3 cm³/mol. The van der Waals surface area contributed by atoms with Gasteiger partial charge in [0.15, 0.2) is 0 Å². The molecular formula is C15H21Br3O. The summed E-state index contributed by atoms with van der Waals surface area (Å²) in [5.74, 6) is 1.56. The molecule has 0 aromatic heterocycles. The van der Waals surface area contributed by atoms with E-state index in [-0.39, 0.29) is 0 Å². The fourth-order valence-electron chi connectivity index (χ4n) is 1.93. The first-order valence-electron chi connectivity index (χ1n) is 6.79. The van der Waals surface area contributed by atoms with Crippen LogP contribution in [0.5, 0.6) is 5.75 Å². The normalized spacial score (nSPS) is 12.5. The van der Waals surface area contributed by atoms with Crippen molar-refractivity contribution in [3.05, 3.63) is 26.6 Å². The maximum atomic E-state index is 6.01. The number of hydrogen-bond acceptors (Lipinski definition) is 1. The summed E-state index contributed by atoms with van der Waals surface area (Å²) in [5, 5.41) is 0.846. The highest BCUT2D eigenvalue weighted by Crippen LogP contribution is 2.35. The monoisotopic (exact) mass is 454 g/mol. The second-order valence-corrected chi connectivity index (χ2v) is 7.02. The smallest absolute Gasteiger partial charge is 0.147 e. The Labute approximate surface area is 141 Å². The second-order valence-electron chi connectivity index (χ2n) is 4.75. The maximum Gasteiger partial charge on any atom is 0.147 e. The van der Waals surface area contributed by atoms with Crippen LogP contribution in [-0.2, 0) is 5.33 Å². The van der Waals surface area contributed by atoms with Crippen LogP contribution in [0.4, 0.5) is 0 Å². The van der Waals surface area contributed by atoms with Gasteiger partial charge >= 0.3 is 0 Å². The number of alkyl halides is 1. The molecule has 1 atom stereocenters. The minimum absolute atomic E-state index is 0.648. The standard InChI is InChI=1S/C15H21Br3O/c1-3-5-6-11(4-2)10-19-15-13(17)7-12(9-16)8-14(15)18/h7-8,11H,3-6,9-10H2,1-2H3. The van der Waals surface area contributed by atoms with E-state index in [1.807, 2.05) is 0 Å². The van der Waals surface area contributed by atoms with Crippen molar-refractivity contribution in [2.75, 3.05) is 6.61 Å². The lowest BCUT2D eigenvalue weighted by Gasteiger charge is -2.17. The van der Waals surface area contributed by atoms with Crippen LogP contribution in [0, 0.1) is 5.92 Å². The van der Waals surface area contributed by atoms with Gasteiger partial charge in [-0.05, 0) is 61.9 Å². The van der Waals surface area contributed by atoms with Crippen molar-refractivity contribution in [2.24, 2.45) is 5.92 Å². The van der Waals surface area contributed by atoms with Gasteiger partial charge in [-0.15, -0.1) is 0 Å². The van der Waals surface area contributed by atoms with Crippen molar-refractivity contribution in [2.45, 2.75) is 44.9 Å². The van der Waals surface area contributed by atoms with Gasteiger partial charge in [0.2, 0.25) is 0 Å². The lowest BCUT2D eigenvalue weighted by molar-refractivity contribution is 0.231. The van der Waals surface area contributed by atoms with Crippen molar-refractivity contribution in [1.82, 2.24) is 0 Å². The molecular weight excluding hydrogens is 436 g/mol. The zero-order valence-electron chi connectivity index (χ0n) is 11.5. The van der Waals surface area contributed by atoms with Crippen molar-refractivity contribution in [1.29, 1.82) is 0 Å². The molecule has 0 aliphatic rings. The quantitative estimate of drug-likeness (QED) is 0.395. The van der Waals surface area contributed by atoms with E-state index in [9.17, 15) is 0 Å². The van der Waals surface area contributed by atoms with Crippen LogP contribution < -0.4 is 4.74 Å². The molecule has 0 aliphatic heterocycles. The first kappa shape index (κ1) is 17.5. The van der Waals surface area contributed by atoms with Gasteiger partial charge in [-0.1, -0.05) is 49.0 Å². The molecule has 1 unspecified atom stereocenters. The largest absolute Gasteiger partial charge is 0.491 e. The van der Waals surface area contributed by atoms with Crippen LogP contribution in [0.2, 0.25) is 0 Å². The molecule has 0 fully saturated rings. The summed E-state index contributed by atoms with van der Waals surface area (Å²) in [6, 6.07) is 4.20. The third-order valence-electron chi connectivity index (χ3n) is 3.22. The van der Waals surface area contributed by atoms with Gasteiger partial charge in [-0.3, -0.25) is 0 Å². The number of benzene rings is 1. The van der Waals surface area contributed by atoms with E-state index in [0.717, 1.165) is 26.6 Å². The predicted octanol–water partition coefficient (Wildman–Crippen LogP) is 6.70. The van der Waals surface area contributed by atoms with Crippen LogP contribution in [0.3, 0.4) is 0 Å². The van der Waals surface area contributed by atoms with Crippen LogP contribution in [0.15, 0.2) is 21.1 Å². The van der Waals surface area contributed by atoms with E-state index in [1.54, 1.807) is 0 Å². The molecule has 0 bridgehead atoms. The molecule has 0 radical (unpaired) electrons. The SMILES string of the molecule is CCCCC(CC)COc1c(Br)cc(CBr)cc1Br. The molecule has 108 valence electrons. The van der Waals surface area contributed by atoms with E-state index in [0.29, 0.717) is 5.92 Å². The lowest BCUT2D eigenvalue weighted by Crippen LogP contribution is -2.11. The highest BCUT2D eigenvalue weighted by Gasteiger charge is 2.12. The van der Waals surface area contributed by atoms with Gasteiger partial charge < -0.3 is 4.74 Å². The van der Waals surface area contributed by atoms with Gasteiger partial charge in [0.1, 0.15) is 5.75 Å². The average molecular weight is 457 g/mol. The number of rotatable bonds is 8. The Balaban J connectivity index is 2.66. The Morgan fingerprint density at radius 3 is 2.26 bits per heavy atom. The van der Waals surface area contributed by atoms with Crippen LogP contribution >= 0.6 is 47.8 Å². The van der Waals surface area contributed by atoms with Crippen LogP contribution in [0.25, 0.3) is 0 Å².